The van der Waals surface area contributed by atoms with Crippen LogP contribution in [0.5, 0.6) is 0 Å². The molecule has 0 fully saturated rings. The topological polar surface area (TPSA) is 32.8 Å². The molecule has 0 N–H and O–H groups in total. The molecular formula is C22H27FN2O2. The first-order chi connectivity index (χ1) is 13.1. The molecule has 0 aromatic heterocycles. The summed E-state index contributed by atoms with van der Waals surface area (Å²) in [6.07, 6.45) is 1.49. The van der Waals surface area contributed by atoms with Crippen molar-refractivity contribution < 1.29 is 13.9 Å². The molecule has 1 heterocycles. The fraction of sp³-hybridized carbons (Fsp3) is 0.409. The molecular weight excluding hydrogens is 343 g/mol. The molecule has 4 nitrogen and oxygen atoms in total. The van der Waals surface area contributed by atoms with Crippen LogP contribution in [0, 0.1) is 5.82 Å². The van der Waals surface area contributed by atoms with E-state index in [2.05, 4.69) is 17.0 Å². The first kappa shape index (κ1) is 19.5. The Morgan fingerprint density at radius 2 is 1.89 bits per heavy atom. The predicted octanol–water partition coefficient (Wildman–Crippen LogP) is 3.25. The Morgan fingerprint density at radius 1 is 1.19 bits per heavy atom. The third-order valence-corrected chi connectivity index (χ3v) is 5.14. The summed E-state index contributed by atoms with van der Waals surface area (Å²) in [7, 11) is 3.67. The second kappa shape index (κ2) is 9.11. The minimum Gasteiger partial charge on any atom is -0.385 e. The van der Waals surface area contributed by atoms with Gasteiger partial charge in [-0.25, -0.2) is 4.39 Å². The molecule has 0 spiro atoms. The van der Waals surface area contributed by atoms with Crippen molar-refractivity contribution in [2.45, 2.75) is 32.0 Å². The molecule has 3 rings (SSSR count). The number of carbonyl (C=O) groups excluding carboxylic acids is 1. The van der Waals surface area contributed by atoms with Gasteiger partial charge in [-0.05, 0) is 48.7 Å². The number of methoxy groups -OCH3 is 1. The van der Waals surface area contributed by atoms with Crippen LogP contribution in [0.3, 0.4) is 0 Å². The summed E-state index contributed by atoms with van der Waals surface area (Å²) in [5.41, 5.74) is 3.46. The molecule has 0 unspecified atom stereocenters. The first-order valence-corrected chi connectivity index (χ1v) is 9.37. The number of carbonyl (C=O) groups is 1. The van der Waals surface area contributed by atoms with Gasteiger partial charge in [0.2, 0.25) is 5.91 Å². The number of likely N-dealkylation sites (N-methyl/N-ethyl adjacent to an activating group) is 1. The number of nitrogens with zero attached hydrogens (tertiary/aromatic N) is 2. The van der Waals surface area contributed by atoms with E-state index in [9.17, 15) is 9.18 Å². The van der Waals surface area contributed by atoms with E-state index in [1.807, 2.05) is 24.1 Å². The van der Waals surface area contributed by atoms with Crippen LogP contribution in [0.2, 0.25) is 0 Å². The molecule has 1 aliphatic rings. The number of rotatable bonds is 7. The maximum absolute atomic E-state index is 13.4. The van der Waals surface area contributed by atoms with Crippen LogP contribution in [0.25, 0.3) is 0 Å². The smallest absolute Gasteiger partial charge is 0.240 e. The highest BCUT2D eigenvalue weighted by molar-refractivity contribution is 5.82. The first-order valence-electron chi connectivity index (χ1n) is 9.37. The van der Waals surface area contributed by atoms with Crippen molar-refractivity contribution in [2.75, 3.05) is 27.3 Å². The molecule has 5 heteroatoms. The average molecular weight is 370 g/mol. The van der Waals surface area contributed by atoms with Gasteiger partial charge in [0.15, 0.2) is 0 Å². The molecule has 1 atom stereocenters. The van der Waals surface area contributed by atoms with Crippen molar-refractivity contribution >= 4 is 5.91 Å². The number of halogens is 1. The molecule has 1 amide bonds. The zero-order valence-corrected chi connectivity index (χ0v) is 16.0. The van der Waals surface area contributed by atoms with Crippen molar-refractivity contribution in [2.24, 2.45) is 0 Å². The molecule has 0 saturated carbocycles. The number of benzene rings is 2. The van der Waals surface area contributed by atoms with Crippen LogP contribution in [0.1, 0.15) is 23.1 Å². The molecule has 144 valence electrons. The fourth-order valence-corrected chi connectivity index (χ4v) is 3.62. The van der Waals surface area contributed by atoms with E-state index in [4.69, 9.17) is 4.74 Å². The van der Waals surface area contributed by atoms with Crippen molar-refractivity contribution in [1.82, 2.24) is 9.80 Å². The zero-order valence-electron chi connectivity index (χ0n) is 16.0. The lowest BCUT2D eigenvalue weighted by Crippen LogP contribution is -2.50. The lowest BCUT2D eigenvalue weighted by Gasteiger charge is -2.36. The second-order valence-corrected chi connectivity index (χ2v) is 7.14. The molecule has 0 aliphatic carbocycles. The summed E-state index contributed by atoms with van der Waals surface area (Å²) in [5.74, 6) is -0.146. The van der Waals surface area contributed by atoms with Gasteiger partial charge in [-0.1, -0.05) is 36.4 Å². The van der Waals surface area contributed by atoms with Gasteiger partial charge in [0.05, 0.1) is 6.04 Å². The standard InChI is InChI=1S/C22H27FN2O2/c1-24-16-19-7-4-3-6-18(19)14-21(24)22(26)25(12-5-13-27-2)15-17-8-10-20(23)11-9-17/h3-4,6-11,21H,5,12-16H2,1-2H3/t21-/m0/s1. The fourth-order valence-electron chi connectivity index (χ4n) is 3.62. The number of fused-ring (bicyclic) bond motifs is 1. The average Bonchev–Trinajstić information content (AvgIpc) is 2.68. The molecule has 0 saturated heterocycles. The number of amides is 1. The SMILES string of the molecule is COCCCN(Cc1ccc(F)cc1)C(=O)[C@@H]1Cc2ccccc2CN1C. The summed E-state index contributed by atoms with van der Waals surface area (Å²) >= 11 is 0. The van der Waals surface area contributed by atoms with Gasteiger partial charge in [0.1, 0.15) is 5.82 Å². The van der Waals surface area contributed by atoms with Gasteiger partial charge in [0, 0.05) is 33.4 Å². The second-order valence-electron chi connectivity index (χ2n) is 7.14. The lowest BCUT2D eigenvalue weighted by atomic mass is 9.93. The Bertz CT molecular complexity index is 763. The van der Waals surface area contributed by atoms with Gasteiger partial charge in [0.25, 0.3) is 0 Å². The Morgan fingerprint density at radius 3 is 2.59 bits per heavy atom. The molecule has 0 bridgehead atoms. The summed E-state index contributed by atoms with van der Waals surface area (Å²) in [6.45, 7) is 2.48. The third kappa shape index (κ3) is 4.93. The van der Waals surface area contributed by atoms with Crippen LogP contribution < -0.4 is 0 Å². The Kier molecular flexibility index (Phi) is 6.58. The highest BCUT2D eigenvalue weighted by Gasteiger charge is 2.32. The minimum absolute atomic E-state index is 0.118. The van der Waals surface area contributed by atoms with Crippen molar-refractivity contribution in [1.29, 1.82) is 0 Å². The maximum Gasteiger partial charge on any atom is 0.240 e. The van der Waals surface area contributed by atoms with Crippen molar-refractivity contribution in [3.8, 4) is 0 Å². The zero-order chi connectivity index (χ0) is 19.2. The highest BCUT2D eigenvalue weighted by atomic mass is 19.1. The van der Waals surface area contributed by atoms with Crippen LogP contribution >= 0.6 is 0 Å². The number of ether oxygens (including phenoxy) is 1. The van der Waals surface area contributed by atoms with Crippen LogP contribution in [0.4, 0.5) is 4.39 Å². The molecule has 2 aromatic rings. The third-order valence-electron chi connectivity index (χ3n) is 5.14. The van der Waals surface area contributed by atoms with E-state index < -0.39 is 0 Å². The van der Waals surface area contributed by atoms with Crippen LogP contribution in [-0.2, 0) is 29.0 Å². The molecule has 2 aromatic carbocycles. The Balaban J connectivity index is 1.76. The van der Waals surface area contributed by atoms with E-state index in [0.29, 0.717) is 19.7 Å². The van der Waals surface area contributed by atoms with E-state index >= 15 is 0 Å². The number of hydrogen-bond acceptors (Lipinski definition) is 3. The quantitative estimate of drug-likeness (QED) is 0.702. The van der Waals surface area contributed by atoms with Crippen LogP contribution in [-0.4, -0.2) is 49.1 Å². The van der Waals surface area contributed by atoms with Gasteiger partial charge in [-0.15, -0.1) is 0 Å². The predicted molar refractivity (Wildman–Crippen MR) is 104 cm³/mol. The van der Waals surface area contributed by atoms with E-state index in [-0.39, 0.29) is 17.8 Å². The highest BCUT2D eigenvalue weighted by Crippen LogP contribution is 2.23. The maximum atomic E-state index is 13.4. The molecule has 0 radical (unpaired) electrons. The Hall–Kier alpha value is -2.24. The lowest BCUT2D eigenvalue weighted by molar-refractivity contribution is -0.138. The van der Waals surface area contributed by atoms with Gasteiger partial charge in [-0.2, -0.15) is 0 Å². The van der Waals surface area contributed by atoms with Gasteiger partial charge >= 0.3 is 0 Å². The Labute approximate surface area is 160 Å². The van der Waals surface area contributed by atoms with Gasteiger partial charge < -0.3 is 9.64 Å². The molecule has 1 aliphatic heterocycles. The van der Waals surface area contributed by atoms with Crippen molar-refractivity contribution in [3.63, 3.8) is 0 Å². The number of hydrogen-bond donors (Lipinski definition) is 0. The summed E-state index contributed by atoms with van der Waals surface area (Å²) in [5, 5.41) is 0. The van der Waals surface area contributed by atoms with E-state index in [0.717, 1.165) is 24.9 Å². The normalized spacial score (nSPS) is 16.8. The molecule has 27 heavy (non-hydrogen) atoms. The largest absolute Gasteiger partial charge is 0.385 e. The van der Waals surface area contributed by atoms with Gasteiger partial charge in [-0.3, -0.25) is 9.69 Å². The summed E-state index contributed by atoms with van der Waals surface area (Å²) in [4.78, 5) is 17.4. The summed E-state index contributed by atoms with van der Waals surface area (Å²) < 4.78 is 18.4. The monoisotopic (exact) mass is 370 g/mol. The minimum atomic E-state index is -0.264. The van der Waals surface area contributed by atoms with E-state index in [1.165, 1.54) is 23.3 Å². The van der Waals surface area contributed by atoms with Crippen LogP contribution in [0.15, 0.2) is 48.5 Å². The van der Waals surface area contributed by atoms with Crippen molar-refractivity contribution in [3.05, 3.63) is 71.0 Å². The van der Waals surface area contributed by atoms with E-state index in [1.54, 1.807) is 19.2 Å². The summed E-state index contributed by atoms with van der Waals surface area (Å²) in [6, 6.07) is 14.5.